The van der Waals surface area contributed by atoms with Gasteiger partial charge in [0, 0.05) is 207 Å². The van der Waals surface area contributed by atoms with E-state index in [1.165, 1.54) is 62.3 Å². The Morgan fingerprint density at radius 3 is 1.19 bits per heavy atom. The molecule has 0 saturated carbocycles. The number of aryl methyl sites for hydroxylation is 5. The topological polar surface area (TPSA) is 117 Å². The molecule has 0 N–H and O–H groups in total. The van der Waals surface area contributed by atoms with Gasteiger partial charge in [0.05, 0.1) is 42.0 Å². The summed E-state index contributed by atoms with van der Waals surface area (Å²) in [7, 11) is 7.51. The summed E-state index contributed by atoms with van der Waals surface area (Å²) in [5, 5.41) is 9.53. The van der Waals surface area contributed by atoms with Crippen LogP contribution in [0.3, 0.4) is 0 Å². The molecule has 13 nitrogen and oxygen atoms in total. The van der Waals surface area contributed by atoms with Gasteiger partial charge in [-0.3, -0.25) is 24.9 Å². The maximum atomic E-state index is 13.9. The van der Waals surface area contributed by atoms with Crippen molar-refractivity contribution in [3.05, 3.63) is 253 Å². The first kappa shape index (κ1) is 81.2. The van der Waals surface area contributed by atoms with Gasteiger partial charge in [0.15, 0.2) is 0 Å². The molecule has 5 aliphatic carbocycles. The van der Waals surface area contributed by atoms with Crippen LogP contribution in [0.1, 0.15) is 29.1 Å². The minimum Gasteiger partial charge on any atom is -0.516 e. The largest absolute Gasteiger partial charge is 0.571 e. The van der Waals surface area contributed by atoms with Gasteiger partial charge in [-0.25, -0.2) is 4.39 Å². The van der Waals surface area contributed by atoms with Gasteiger partial charge in [0.2, 0.25) is 0 Å². The van der Waals surface area contributed by atoms with Crippen LogP contribution in [0.5, 0.6) is 17.2 Å². The Morgan fingerprint density at radius 2 is 0.717 bits per heavy atom. The van der Waals surface area contributed by atoms with Gasteiger partial charge in [0.1, 0.15) is 0 Å². The zero-order valence-corrected chi connectivity index (χ0v) is 72.9. The van der Waals surface area contributed by atoms with Crippen LogP contribution in [-0.4, -0.2) is 67.6 Å². The molecule has 0 amide bonds. The van der Waals surface area contributed by atoms with Crippen molar-refractivity contribution in [3.63, 3.8) is 0 Å². The third-order valence-electron chi connectivity index (χ3n) is 20.6. The molecule has 5 radical (unpaired) electrons. The molecule has 5 aliphatic rings. The van der Waals surface area contributed by atoms with Gasteiger partial charge < -0.3 is 37.0 Å². The average molecular weight is 2400 g/mol. The van der Waals surface area contributed by atoms with Gasteiger partial charge >= 0.3 is 12.7 Å². The van der Waals surface area contributed by atoms with Crippen LogP contribution in [0.4, 0.5) is 30.7 Å². The fourth-order valence-electron chi connectivity index (χ4n) is 15.9. The summed E-state index contributed by atoms with van der Waals surface area (Å²) in [5.74, 6) is 4.39. The normalized spacial score (nSPS) is 11.7. The summed E-state index contributed by atoms with van der Waals surface area (Å²) in [4.78, 5) is 23.2. The van der Waals surface area contributed by atoms with E-state index >= 15 is 0 Å². The van der Waals surface area contributed by atoms with Crippen LogP contribution in [0, 0.1) is 70.8 Å². The average Bonchev–Trinajstić information content (AvgIpc) is 1.59. The van der Waals surface area contributed by atoms with E-state index in [1.54, 1.807) is 25.3 Å². The van der Waals surface area contributed by atoms with Crippen molar-refractivity contribution in [3.8, 4) is 141 Å². The molecule has 0 bridgehead atoms. The first-order valence-corrected chi connectivity index (χ1v) is 34.5. The summed E-state index contributed by atoms with van der Waals surface area (Å²) in [6.07, 6.45) is -9.47. The Labute approximate surface area is 711 Å². The Balaban J connectivity index is 0.000000122. The molecular formula is C88H58F7Ir5N10O3-5. The zero-order chi connectivity index (χ0) is 74.7. The van der Waals surface area contributed by atoms with Gasteiger partial charge in [0.25, 0.3) is 0 Å². The molecule has 25 heteroatoms. The van der Waals surface area contributed by atoms with Gasteiger partial charge in [-0.15, -0.1) is 95.9 Å². The quantitative estimate of drug-likeness (QED) is 0.124. The van der Waals surface area contributed by atoms with Crippen LogP contribution in [-0.2, 0) is 122 Å². The molecule has 12 aromatic carbocycles. The molecule has 577 valence electrons. The Hall–Kier alpha value is -9.85. The Kier molecular flexibility index (Phi) is 22.1. The molecule has 17 aromatic rings. The number of fused-ring (bicyclic) bond motifs is 15. The number of halogens is 7. The first-order valence-electron chi connectivity index (χ1n) is 34.5. The SMILES string of the molecule is COc1[c-]c2c3c(cccc3c1)-c1c-2nc(C)n1C.Cc1nc2c(n1-c1ccccc1)-c1cccc3cc(F)[c-]c-2c13.Cc1nc2c(n1-c1ccccc1)-c1cccc3cc[c-]c-2c13.Cc1nc2c(n1C)-c1cccc3c(OC(F)(F)F)c[c-]c-2c13.Cc1nc2c(n1C)-c1cccc3cc(OC(F)(F)F)[c-]c-2c13.[Ir].[Ir].[Ir].[Ir].[Ir]. The smallest absolute Gasteiger partial charge is 0.516 e. The summed E-state index contributed by atoms with van der Waals surface area (Å²) >= 11 is 0. The standard InChI is InChI=1S/C20H12FN2.C20H13N2.2C16H10F3N2O.C16H13N2O.5Ir/c1-12-22-19-17-11-14(21)10-13-6-5-9-16(18(13)17)20(19)23(12)15-7-3-2-4-8-15;1-13-21-19-16-11-5-7-14-8-6-12-17(18(14)16)20(19)22(13)15-9-3-2-4-10-15;1-8-20-14-12-7-10(22-16(17,18)19)6-9-4-3-5-11(13(9)12)15(14)21(8)2;1-8-20-14-10-6-7-12(22-16(17,18)19)9-4-3-5-11(13(9)10)15(14)21(8)2;1-9-17-15-13-8-11(19-3)7-10-5-4-6-12(14(10)13)16(15)18(9)2;;;;;/h2-10H,1H3;2-10,12H,1H3;3-6H,1-2H3;3-5,7H,1-2H3;4-7H,1-3H3;;;;;/q5*-1;;;;;. The Morgan fingerprint density at radius 1 is 0.354 bits per heavy atom. The van der Waals surface area contributed by atoms with Crippen LogP contribution in [0.25, 0.3) is 178 Å². The third-order valence-corrected chi connectivity index (χ3v) is 20.6. The Bertz CT molecular complexity index is 6660. The van der Waals surface area contributed by atoms with E-state index in [2.05, 4.69) is 167 Å². The number of rotatable bonds is 5. The van der Waals surface area contributed by atoms with Gasteiger partial charge in [-0.1, -0.05) is 206 Å². The van der Waals surface area contributed by atoms with E-state index in [9.17, 15) is 30.7 Å². The van der Waals surface area contributed by atoms with Crippen LogP contribution < -0.4 is 14.2 Å². The van der Waals surface area contributed by atoms with Crippen molar-refractivity contribution in [2.75, 3.05) is 7.11 Å². The third kappa shape index (κ3) is 13.5. The molecule has 0 saturated heterocycles. The summed E-state index contributed by atoms with van der Waals surface area (Å²) in [6, 6.07) is 75.5. The molecule has 0 fully saturated rings. The fraction of sp³-hybridized carbons (Fsp3) is 0.125. The van der Waals surface area contributed by atoms with E-state index in [4.69, 9.17) is 14.7 Å². The molecule has 5 heterocycles. The maximum absolute atomic E-state index is 13.9. The molecule has 0 unspecified atom stereocenters. The molecule has 5 aromatic heterocycles. The number of benzene rings is 12. The van der Waals surface area contributed by atoms with Crippen molar-refractivity contribution in [2.24, 2.45) is 21.1 Å². The number of para-hydroxylation sites is 2. The van der Waals surface area contributed by atoms with Gasteiger partial charge in [-0.2, -0.15) is 0 Å². The number of nitrogens with zero attached hydrogens (tertiary/aromatic N) is 10. The monoisotopic (exact) mass is 2400 g/mol. The second-order valence-corrected chi connectivity index (χ2v) is 26.8. The summed E-state index contributed by atoms with van der Waals surface area (Å²) in [5.41, 5.74) is 21.3. The number of ether oxygens (including phenoxy) is 3. The second kappa shape index (κ2) is 30.8. The minimum absolute atomic E-state index is 0. The molecule has 0 spiro atoms. The fourth-order valence-corrected chi connectivity index (χ4v) is 15.9. The van der Waals surface area contributed by atoms with E-state index in [-0.39, 0.29) is 118 Å². The molecule has 0 aliphatic heterocycles. The molecule has 0 atom stereocenters. The number of methoxy groups -OCH3 is 1. The maximum Gasteiger partial charge on any atom is 0.571 e. The number of alkyl halides is 6. The number of hydrogen-bond acceptors (Lipinski definition) is 8. The van der Waals surface area contributed by atoms with Crippen molar-refractivity contribution < 1.29 is 145 Å². The summed E-state index contributed by atoms with van der Waals surface area (Å²) < 4.78 is 113. The van der Waals surface area contributed by atoms with Crippen molar-refractivity contribution >= 4 is 53.9 Å². The molecule has 22 rings (SSSR count). The van der Waals surface area contributed by atoms with Crippen molar-refractivity contribution in [2.45, 2.75) is 47.3 Å². The first-order chi connectivity index (χ1) is 52.0. The number of hydrogen-bond donors (Lipinski definition) is 0. The zero-order valence-electron chi connectivity index (χ0n) is 60.9. The number of imidazole rings is 5. The molecule has 113 heavy (non-hydrogen) atoms. The van der Waals surface area contributed by atoms with Crippen LogP contribution in [0.15, 0.2) is 188 Å². The predicted molar refractivity (Wildman–Crippen MR) is 404 cm³/mol. The second-order valence-electron chi connectivity index (χ2n) is 26.8. The predicted octanol–water partition coefficient (Wildman–Crippen LogP) is 21.5. The minimum atomic E-state index is -4.74. The van der Waals surface area contributed by atoms with Gasteiger partial charge in [-0.05, 0) is 86.7 Å². The van der Waals surface area contributed by atoms with E-state index < -0.39 is 12.7 Å². The van der Waals surface area contributed by atoms with Crippen molar-refractivity contribution in [1.29, 1.82) is 0 Å². The molecular weight excluding hydrogens is 2340 g/mol. The summed E-state index contributed by atoms with van der Waals surface area (Å²) in [6.45, 7) is 9.81. The van der Waals surface area contributed by atoms with Crippen molar-refractivity contribution in [1.82, 2.24) is 47.8 Å². The van der Waals surface area contributed by atoms with Crippen LogP contribution in [0.2, 0.25) is 0 Å². The van der Waals surface area contributed by atoms with E-state index in [1.807, 2.05) is 118 Å². The van der Waals surface area contributed by atoms with Crippen LogP contribution >= 0.6 is 0 Å². The number of aromatic nitrogens is 10. The van der Waals surface area contributed by atoms with E-state index in [0.29, 0.717) is 27.4 Å². The van der Waals surface area contributed by atoms with E-state index in [0.717, 1.165) is 141 Å².